The topological polar surface area (TPSA) is 75.4 Å². The lowest BCUT2D eigenvalue weighted by atomic mass is 10.2. The van der Waals surface area contributed by atoms with Gasteiger partial charge in [0, 0.05) is 18.3 Å². The molecular weight excluding hydrogens is 329 g/mol. The second-order valence-electron chi connectivity index (χ2n) is 4.79. The molecule has 1 fully saturated rings. The van der Waals surface area contributed by atoms with Gasteiger partial charge in [0.2, 0.25) is 5.91 Å². The standard InChI is InChI=1S/C14H11Cl2N3O3/c15-9-2-1-8(7-10(9)16)19-5-3-12(14(19)21)17-13(20)11-4-6-22-18-11/h1-2,4,6-7,12H,3,5H2,(H,17,20)/t12-/m0/s1. The molecule has 1 aromatic heterocycles. The highest BCUT2D eigenvalue weighted by Gasteiger charge is 2.34. The number of rotatable bonds is 3. The van der Waals surface area contributed by atoms with E-state index in [1.807, 2.05) is 0 Å². The van der Waals surface area contributed by atoms with Gasteiger partial charge in [0.05, 0.1) is 10.0 Å². The highest BCUT2D eigenvalue weighted by Crippen LogP contribution is 2.29. The summed E-state index contributed by atoms with van der Waals surface area (Å²) in [5.41, 5.74) is 0.790. The molecule has 114 valence electrons. The molecule has 1 N–H and O–H groups in total. The second kappa shape index (κ2) is 5.98. The number of halogens is 2. The van der Waals surface area contributed by atoms with Crippen molar-refractivity contribution in [2.75, 3.05) is 11.4 Å². The van der Waals surface area contributed by atoms with Gasteiger partial charge in [0.25, 0.3) is 5.91 Å². The zero-order valence-corrected chi connectivity index (χ0v) is 12.8. The van der Waals surface area contributed by atoms with E-state index in [2.05, 4.69) is 15.0 Å². The van der Waals surface area contributed by atoms with Crippen molar-refractivity contribution in [2.45, 2.75) is 12.5 Å². The summed E-state index contributed by atoms with van der Waals surface area (Å²) in [6.45, 7) is 0.487. The molecule has 2 aromatic rings. The van der Waals surface area contributed by atoms with E-state index in [9.17, 15) is 9.59 Å². The highest BCUT2D eigenvalue weighted by atomic mass is 35.5. The Bertz CT molecular complexity index is 718. The van der Waals surface area contributed by atoms with E-state index >= 15 is 0 Å². The average Bonchev–Trinajstić information content (AvgIpc) is 3.13. The first-order valence-corrected chi connectivity index (χ1v) is 7.29. The number of carbonyl (C=O) groups is 2. The number of benzene rings is 1. The van der Waals surface area contributed by atoms with Crippen molar-refractivity contribution in [1.82, 2.24) is 10.5 Å². The monoisotopic (exact) mass is 339 g/mol. The van der Waals surface area contributed by atoms with Crippen LogP contribution in [0.25, 0.3) is 0 Å². The quantitative estimate of drug-likeness (QED) is 0.932. The Hall–Kier alpha value is -2.05. The van der Waals surface area contributed by atoms with Crippen molar-refractivity contribution in [1.29, 1.82) is 0 Å². The molecule has 0 bridgehead atoms. The number of hydrogen-bond donors (Lipinski definition) is 1. The predicted octanol–water partition coefficient (Wildman–Crippen LogP) is 2.52. The van der Waals surface area contributed by atoms with Crippen molar-refractivity contribution in [3.8, 4) is 0 Å². The first kappa shape index (κ1) is 14.9. The van der Waals surface area contributed by atoms with Crippen LogP contribution in [0.15, 0.2) is 35.1 Å². The summed E-state index contributed by atoms with van der Waals surface area (Å²) in [6.07, 6.45) is 1.80. The van der Waals surface area contributed by atoms with Crippen LogP contribution in [0.4, 0.5) is 5.69 Å². The first-order valence-electron chi connectivity index (χ1n) is 6.54. The molecule has 1 aliphatic heterocycles. The fraction of sp³-hybridized carbons (Fsp3) is 0.214. The lowest BCUT2D eigenvalue weighted by Gasteiger charge is -2.17. The third-order valence-electron chi connectivity index (χ3n) is 3.40. The van der Waals surface area contributed by atoms with Gasteiger partial charge in [-0.15, -0.1) is 0 Å². The van der Waals surface area contributed by atoms with Crippen LogP contribution in [-0.2, 0) is 4.79 Å². The SMILES string of the molecule is O=C(N[C@H]1CCN(c2ccc(Cl)c(Cl)c2)C1=O)c1ccon1. The molecule has 8 heteroatoms. The molecule has 3 rings (SSSR count). The molecule has 2 amide bonds. The number of aromatic nitrogens is 1. The number of hydrogen-bond acceptors (Lipinski definition) is 4. The van der Waals surface area contributed by atoms with Gasteiger partial charge in [0.15, 0.2) is 5.69 Å². The van der Waals surface area contributed by atoms with Gasteiger partial charge in [0.1, 0.15) is 12.3 Å². The van der Waals surface area contributed by atoms with E-state index < -0.39 is 11.9 Å². The fourth-order valence-electron chi connectivity index (χ4n) is 2.29. The Labute approximate surface area is 136 Å². The molecule has 0 radical (unpaired) electrons. The van der Waals surface area contributed by atoms with Gasteiger partial charge >= 0.3 is 0 Å². The minimum atomic E-state index is -0.598. The Balaban J connectivity index is 1.72. The van der Waals surface area contributed by atoms with Gasteiger partial charge in [-0.05, 0) is 24.6 Å². The van der Waals surface area contributed by atoms with Gasteiger partial charge in [-0.3, -0.25) is 9.59 Å². The van der Waals surface area contributed by atoms with Crippen LogP contribution in [0.3, 0.4) is 0 Å². The minimum Gasteiger partial charge on any atom is -0.364 e. The van der Waals surface area contributed by atoms with Crippen molar-refractivity contribution in [3.05, 3.63) is 46.3 Å². The smallest absolute Gasteiger partial charge is 0.274 e. The Morgan fingerprint density at radius 3 is 2.82 bits per heavy atom. The third-order valence-corrected chi connectivity index (χ3v) is 4.14. The molecule has 2 heterocycles. The number of amides is 2. The van der Waals surface area contributed by atoms with E-state index in [1.165, 1.54) is 12.3 Å². The fourth-order valence-corrected chi connectivity index (χ4v) is 2.58. The molecule has 1 aliphatic rings. The maximum absolute atomic E-state index is 12.4. The number of nitrogens with zero attached hydrogens (tertiary/aromatic N) is 2. The maximum Gasteiger partial charge on any atom is 0.274 e. The molecule has 1 saturated heterocycles. The van der Waals surface area contributed by atoms with Crippen LogP contribution in [0.1, 0.15) is 16.9 Å². The largest absolute Gasteiger partial charge is 0.364 e. The first-order chi connectivity index (χ1) is 10.6. The van der Waals surface area contributed by atoms with Gasteiger partial charge in [-0.25, -0.2) is 0 Å². The maximum atomic E-state index is 12.4. The average molecular weight is 340 g/mol. The van der Waals surface area contributed by atoms with Crippen molar-refractivity contribution in [2.24, 2.45) is 0 Å². The van der Waals surface area contributed by atoms with Crippen molar-refractivity contribution in [3.63, 3.8) is 0 Å². The van der Waals surface area contributed by atoms with Crippen molar-refractivity contribution >= 4 is 40.7 Å². The molecule has 6 nitrogen and oxygen atoms in total. The summed E-state index contributed by atoms with van der Waals surface area (Å²) in [5.74, 6) is -0.640. The summed E-state index contributed by atoms with van der Waals surface area (Å²) < 4.78 is 4.61. The van der Waals surface area contributed by atoms with Crippen molar-refractivity contribution < 1.29 is 14.1 Å². The van der Waals surface area contributed by atoms with E-state index in [0.717, 1.165) is 0 Å². The summed E-state index contributed by atoms with van der Waals surface area (Å²) in [4.78, 5) is 25.9. The summed E-state index contributed by atoms with van der Waals surface area (Å²) >= 11 is 11.8. The summed E-state index contributed by atoms with van der Waals surface area (Å²) in [6, 6.07) is 5.82. The van der Waals surface area contributed by atoms with Gasteiger partial charge in [-0.2, -0.15) is 0 Å². The Morgan fingerprint density at radius 2 is 2.14 bits per heavy atom. The minimum absolute atomic E-state index is 0.140. The summed E-state index contributed by atoms with van der Waals surface area (Å²) in [5, 5.41) is 6.98. The third kappa shape index (κ3) is 2.80. The van der Waals surface area contributed by atoms with E-state index in [4.69, 9.17) is 23.2 Å². The van der Waals surface area contributed by atoms with Crippen LogP contribution in [0, 0.1) is 0 Å². The van der Waals surface area contributed by atoms with E-state index in [-0.39, 0.29) is 11.6 Å². The highest BCUT2D eigenvalue weighted by molar-refractivity contribution is 6.42. The summed E-state index contributed by atoms with van der Waals surface area (Å²) in [7, 11) is 0. The zero-order chi connectivity index (χ0) is 15.7. The van der Waals surface area contributed by atoms with E-state index in [1.54, 1.807) is 23.1 Å². The number of carbonyl (C=O) groups excluding carboxylic acids is 2. The Morgan fingerprint density at radius 1 is 1.32 bits per heavy atom. The molecule has 1 aromatic carbocycles. The molecule has 0 saturated carbocycles. The van der Waals surface area contributed by atoms with Crippen LogP contribution in [0.5, 0.6) is 0 Å². The molecule has 1 atom stereocenters. The molecular formula is C14H11Cl2N3O3. The zero-order valence-electron chi connectivity index (χ0n) is 11.3. The number of nitrogens with one attached hydrogen (secondary N) is 1. The number of anilines is 1. The van der Waals surface area contributed by atoms with Crippen LogP contribution < -0.4 is 10.2 Å². The van der Waals surface area contributed by atoms with Gasteiger partial charge in [-0.1, -0.05) is 28.4 Å². The van der Waals surface area contributed by atoms with E-state index in [0.29, 0.717) is 28.7 Å². The lowest BCUT2D eigenvalue weighted by Crippen LogP contribution is -2.41. The Kier molecular flexibility index (Phi) is 4.04. The molecule has 0 unspecified atom stereocenters. The molecule has 0 spiro atoms. The normalized spacial score (nSPS) is 17.8. The van der Waals surface area contributed by atoms with Crippen LogP contribution in [-0.4, -0.2) is 29.6 Å². The van der Waals surface area contributed by atoms with Gasteiger partial charge < -0.3 is 14.7 Å². The predicted molar refractivity (Wildman–Crippen MR) is 81.2 cm³/mol. The second-order valence-corrected chi connectivity index (χ2v) is 5.60. The molecule has 0 aliphatic carbocycles. The lowest BCUT2D eigenvalue weighted by molar-refractivity contribution is -0.118. The van der Waals surface area contributed by atoms with Crippen LogP contribution in [0.2, 0.25) is 10.0 Å². The molecule has 22 heavy (non-hydrogen) atoms. The van der Waals surface area contributed by atoms with Crippen LogP contribution >= 0.6 is 23.2 Å².